The molecular weight excluding hydrogens is 294 g/mol. The summed E-state index contributed by atoms with van der Waals surface area (Å²) < 4.78 is 27.3. The maximum Gasteiger partial charge on any atom is 0.222 e. The van der Waals surface area contributed by atoms with Gasteiger partial charge in [0.25, 0.3) is 0 Å². The van der Waals surface area contributed by atoms with Crippen LogP contribution in [0.2, 0.25) is 0 Å². The lowest BCUT2D eigenvalue weighted by Crippen LogP contribution is -2.33. The van der Waals surface area contributed by atoms with Crippen LogP contribution in [0.1, 0.15) is 12.8 Å². The van der Waals surface area contributed by atoms with Gasteiger partial charge in [0.2, 0.25) is 15.9 Å². The fraction of sp³-hybridized carbons (Fsp3) is 0.923. The molecule has 2 aliphatic heterocycles. The quantitative estimate of drug-likeness (QED) is 0.656. The van der Waals surface area contributed by atoms with Crippen molar-refractivity contribution in [1.82, 2.24) is 9.80 Å². The third-order valence-electron chi connectivity index (χ3n) is 4.22. The summed E-state index contributed by atoms with van der Waals surface area (Å²) in [6.45, 7) is 4.91. The minimum Gasteiger partial charge on any atom is -0.383 e. The van der Waals surface area contributed by atoms with Crippen LogP contribution in [0.3, 0.4) is 0 Å². The van der Waals surface area contributed by atoms with Crippen molar-refractivity contribution in [3.05, 3.63) is 0 Å². The first-order chi connectivity index (χ1) is 9.87. The highest BCUT2D eigenvalue weighted by Crippen LogP contribution is 2.23. The molecule has 2 heterocycles. The van der Waals surface area contributed by atoms with Gasteiger partial charge in [-0.2, -0.15) is 0 Å². The van der Waals surface area contributed by atoms with E-state index >= 15 is 0 Å². The monoisotopic (exact) mass is 319 g/mol. The molecule has 0 bridgehead atoms. The number of amides is 1. The van der Waals surface area contributed by atoms with Crippen LogP contribution >= 0.6 is 0 Å². The first kappa shape index (κ1) is 16.7. The summed E-state index contributed by atoms with van der Waals surface area (Å²) in [6, 6.07) is 0. The van der Waals surface area contributed by atoms with Gasteiger partial charge in [-0.15, -0.1) is 0 Å². The molecule has 2 atom stereocenters. The zero-order valence-electron chi connectivity index (χ0n) is 12.5. The van der Waals surface area contributed by atoms with Gasteiger partial charge in [0.05, 0.1) is 12.4 Å². The van der Waals surface area contributed by atoms with Crippen LogP contribution in [0.5, 0.6) is 0 Å². The highest BCUT2D eigenvalue weighted by molar-refractivity contribution is 7.89. The zero-order chi connectivity index (χ0) is 15.5. The van der Waals surface area contributed by atoms with Gasteiger partial charge < -0.3 is 14.5 Å². The van der Waals surface area contributed by atoms with Crippen LogP contribution in [0.4, 0.5) is 0 Å². The number of nitrogens with zero attached hydrogens (tertiary/aromatic N) is 2. The normalized spacial score (nSPS) is 27.7. The topological polar surface area (TPSA) is 92.9 Å². The number of hydrogen-bond acceptors (Lipinski definition) is 5. The van der Waals surface area contributed by atoms with Crippen molar-refractivity contribution in [3.8, 4) is 0 Å². The van der Waals surface area contributed by atoms with E-state index in [9.17, 15) is 13.2 Å². The summed E-state index contributed by atoms with van der Waals surface area (Å²) >= 11 is 0. The second-order valence-corrected chi connectivity index (χ2v) is 7.81. The SMILES string of the molecule is COCCN1CCC(CN2CC(CS(N)(=O)=O)CC2=O)C1. The smallest absolute Gasteiger partial charge is 0.222 e. The van der Waals surface area contributed by atoms with E-state index in [0.717, 1.165) is 39.2 Å². The van der Waals surface area contributed by atoms with E-state index in [4.69, 9.17) is 9.88 Å². The van der Waals surface area contributed by atoms with Crippen LogP contribution in [0, 0.1) is 11.8 Å². The van der Waals surface area contributed by atoms with Crippen molar-refractivity contribution < 1.29 is 17.9 Å². The molecule has 7 nitrogen and oxygen atoms in total. The largest absolute Gasteiger partial charge is 0.383 e. The Bertz CT molecular complexity index is 468. The van der Waals surface area contributed by atoms with Crippen LogP contribution in [0.25, 0.3) is 0 Å². The lowest BCUT2D eigenvalue weighted by molar-refractivity contribution is -0.128. The molecule has 8 heteroatoms. The first-order valence-electron chi connectivity index (χ1n) is 7.37. The molecular formula is C13H25N3O4S. The Morgan fingerprint density at radius 3 is 2.76 bits per heavy atom. The van der Waals surface area contributed by atoms with Gasteiger partial charge in [0.1, 0.15) is 0 Å². The summed E-state index contributed by atoms with van der Waals surface area (Å²) in [5.41, 5.74) is 0. The lowest BCUT2D eigenvalue weighted by Gasteiger charge is -2.21. The number of primary sulfonamides is 1. The summed E-state index contributed by atoms with van der Waals surface area (Å²) in [6.07, 6.45) is 1.38. The minimum absolute atomic E-state index is 0.0546. The van der Waals surface area contributed by atoms with Crippen molar-refractivity contribution in [2.75, 3.05) is 52.2 Å². The molecule has 122 valence electrons. The molecule has 0 spiro atoms. The van der Waals surface area contributed by atoms with Crippen molar-refractivity contribution >= 4 is 15.9 Å². The molecule has 0 radical (unpaired) electrons. The maximum absolute atomic E-state index is 12.0. The Morgan fingerprint density at radius 1 is 1.33 bits per heavy atom. The van der Waals surface area contributed by atoms with Crippen molar-refractivity contribution in [1.29, 1.82) is 0 Å². The van der Waals surface area contributed by atoms with Gasteiger partial charge >= 0.3 is 0 Å². The average molecular weight is 319 g/mol. The molecule has 0 aromatic heterocycles. The van der Waals surface area contributed by atoms with Gasteiger partial charge in [-0.3, -0.25) is 4.79 Å². The van der Waals surface area contributed by atoms with E-state index < -0.39 is 10.0 Å². The Hall–Kier alpha value is -0.700. The predicted octanol–water partition coefficient (Wildman–Crippen LogP) is -0.908. The van der Waals surface area contributed by atoms with Gasteiger partial charge in [-0.05, 0) is 18.9 Å². The number of hydrogen-bond donors (Lipinski definition) is 1. The molecule has 1 amide bonds. The molecule has 2 N–H and O–H groups in total. The Labute approximate surface area is 126 Å². The molecule has 0 saturated carbocycles. The number of carbonyl (C=O) groups excluding carboxylic acids is 1. The van der Waals surface area contributed by atoms with Gasteiger partial charge in [0.15, 0.2) is 0 Å². The van der Waals surface area contributed by atoms with Gasteiger partial charge in [-0.1, -0.05) is 0 Å². The predicted molar refractivity (Wildman–Crippen MR) is 79.1 cm³/mol. The maximum atomic E-state index is 12.0. The number of likely N-dealkylation sites (tertiary alicyclic amines) is 2. The molecule has 0 aromatic carbocycles. The zero-order valence-corrected chi connectivity index (χ0v) is 13.3. The van der Waals surface area contributed by atoms with E-state index in [2.05, 4.69) is 4.90 Å². The highest BCUT2D eigenvalue weighted by Gasteiger charge is 2.34. The average Bonchev–Trinajstić information content (AvgIpc) is 2.93. The number of carbonyl (C=O) groups is 1. The molecule has 21 heavy (non-hydrogen) atoms. The molecule has 2 fully saturated rings. The Morgan fingerprint density at radius 2 is 2.10 bits per heavy atom. The Balaban J connectivity index is 1.77. The fourth-order valence-corrected chi connectivity index (χ4v) is 4.15. The summed E-state index contributed by atoms with van der Waals surface area (Å²) in [4.78, 5) is 16.1. The van der Waals surface area contributed by atoms with Crippen LogP contribution in [-0.4, -0.2) is 76.3 Å². The number of rotatable bonds is 7. The second-order valence-electron chi connectivity index (χ2n) is 6.15. The van der Waals surface area contributed by atoms with Gasteiger partial charge in [-0.25, -0.2) is 13.6 Å². The number of ether oxygens (including phenoxy) is 1. The van der Waals surface area contributed by atoms with E-state index in [0.29, 0.717) is 18.9 Å². The van der Waals surface area contributed by atoms with E-state index in [1.165, 1.54) is 0 Å². The molecule has 2 unspecified atom stereocenters. The second kappa shape index (κ2) is 7.04. The Kier molecular flexibility index (Phi) is 5.59. The summed E-state index contributed by atoms with van der Waals surface area (Å²) in [5, 5.41) is 5.06. The number of sulfonamides is 1. The molecule has 0 aromatic rings. The lowest BCUT2D eigenvalue weighted by atomic mass is 10.1. The number of nitrogens with two attached hydrogens (primary N) is 1. The highest BCUT2D eigenvalue weighted by atomic mass is 32.2. The van der Waals surface area contributed by atoms with Crippen molar-refractivity contribution in [3.63, 3.8) is 0 Å². The van der Waals surface area contributed by atoms with Crippen LogP contribution in [0.15, 0.2) is 0 Å². The van der Waals surface area contributed by atoms with E-state index in [1.807, 2.05) is 0 Å². The van der Waals surface area contributed by atoms with Crippen molar-refractivity contribution in [2.24, 2.45) is 17.0 Å². The molecule has 2 rings (SSSR count). The summed E-state index contributed by atoms with van der Waals surface area (Å²) in [5.74, 6) is 0.274. The van der Waals surface area contributed by atoms with Crippen LogP contribution in [-0.2, 0) is 19.6 Å². The van der Waals surface area contributed by atoms with E-state index in [-0.39, 0.29) is 17.6 Å². The minimum atomic E-state index is -3.50. The fourth-order valence-electron chi connectivity index (χ4n) is 3.27. The standard InChI is InChI=1S/C13H25N3O4S/c1-20-5-4-15-3-2-11(7-15)8-16-9-12(6-13(16)17)10-21(14,18)19/h11-12H,2-10H2,1H3,(H2,14,18,19). The first-order valence-corrected chi connectivity index (χ1v) is 9.08. The van der Waals surface area contributed by atoms with Gasteiger partial charge in [0, 0.05) is 45.6 Å². The molecule has 2 aliphatic rings. The molecule has 2 saturated heterocycles. The summed E-state index contributed by atoms with van der Waals surface area (Å²) in [7, 11) is -1.81. The third-order valence-corrected chi connectivity index (χ3v) is 5.16. The number of methoxy groups -OCH3 is 1. The third kappa shape index (κ3) is 5.21. The van der Waals surface area contributed by atoms with Crippen LogP contribution < -0.4 is 5.14 Å². The van der Waals surface area contributed by atoms with E-state index in [1.54, 1.807) is 12.0 Å². The molecule has 0 aliphatic carbocycles. The van der Waals surface area contributed by atoms with Crippen molar-refractivity contribution in [2.45, 2.75) is 12.8 Å².